The predicted molar refractivity (Wildman–Crippen MR) is 95.2 cm³/mol. The lowest BCUT2D eigenvalue weighted by molar-refractivity contribution is -0.125. The van der Waals surface area contributed by atoms with Crippen molar-refractivity contribution in [2.75, 3.05) is 11.9 Å². The Kier molecular flexibility index (Phi) is 9.32. The standard InChI is InChI=1S/C15H22BrN3O2.ClH/c1-9-4-5-12(16)8-13(9)19-14(20)6-7-18-15(21)10(2)11(3)17;/h4-5,8,10-11H,6-7,17H2,1-3H3,(H,18,21)(H,19,20);1H. The number of halogens is 2. The third-order valence-electron chi connectivity index (χ3n) is 3.33. The number of amides is 2. The molecule has 0 aliphatic heterocycles. The zero-order valence-electron chi connectivity index (χ0n) is 13.0. The van der Waals surface area contributed by atoms with E-state index in [0.29, 0.717) is 6.54 Å². The zero-order valence-corrected chi connectivity index (χ0v) is 15.4. The second kappa shape index (κ2) is 9.82. The molecule has 5 nitrogen and oxygen atoms in total. The minimum absolute atomic E-state index is 0. The van der Waals surface area contributed by atoms with Crippen molar-refractivity contribution in [3.8, 4) is 0 Å². The van der Waals surface area contributed by atoms with Gasteiger partial charge in [-0.15, -0.1) is 12.4 Å². The molecule has 2 amide bonds. The highest BCUT2D eigenvalue weighted by molar-refractivity contribution is 9.10. The van der Waals surface area contributed by atoms with Crippen LogP contribution in [0.3, 0.4) is 0 Å². The molecular formula is C15H23BrClN3O2. The van der Waals surface area contributed by atoms with Crippen LogP contribution in [0.15, 0.2) is 22.7 Å². The molecule has 2 unspecified atom stereocenters. The maximum absolute atomic E-state index is 11.9. The summed E-state index contributed by atoms with van der Waals surface area (Å²) in [6.45, 7) is 5.78. The maximum Gasteiger partial charge on any atom is 0.226 e. The molecule has 2 atom stereocenters. The molecule has 0 saturated carbocycles. The molecule has 7 heteroatoms. The highest BCUT2D eigenvalue weighted by Gasteiger charge is 2.16. The smallest absolute Gasteiger partial charge is 0.226 e. The Morgan fingerprint density at radius 3 is 2.55 bits per heavy atom. The molecule has 0 spiro atoms. The summed E-state index contributed by atoms with van der Waals surface area (Å²) in [5.41, 5.74) is 7.41. The Morgan fingerprint density at radius 2 is 1.95 bits per heavy atom. The van der Waals surface area contributed by atoms with Gasteiger partial charge in [0, 0.05) is 35.1 Å². The molecule has 0 heterocycles. The molecule has 0 radical (unpaired) electrons. The fraction of sp³-hybridized carbons (Fsp3) is 0.467. The van der Waals surface area contributed by atoms with Gasteiger partial charge in [-0.1, -0.05) is 28.9 Å². The molecule has 22 heavy (non-hydrogen) atoms. The Balaban J connectivity index is 0.00000441. The monoisotopic (exact) mass is 391 g/mol. The molecule has 0 aliphatic carbocycles. The van der Waals surface area contributed by atoms with Crippen LogP contribution in [-0.4, -0.2) is 24.4 Å². The quantitative estimate of drug-likeness (QED) is 0.696. The van der Waals surface area contributed by atoms with Gasteiger partial charge >= 0.3 is 0 Å². The number of nitrogens with two attached hydrogens (primary N) is 1. The van der Waals surface area contributed by atoms with Gasteiger partial charge in [0.15, 0.2) is 0 Å². The summed E-state index contributed by atoms with van der Waals surface area (Å²) in [4.78, 5) is 23.6. The number of carbonyl (C=O) groups excluding carboxylic acids is 2. The van der Waals surface area contributed by atoms with Crippen molar-refractivity contribution in [2.24, 2.45) is 11.7 Å². The Hall–Kier alpha value is -1.11. The number of anilines is 1. The van der Waals surface area contributed by atoms with Crippen molar-refractivity contribution in [2.45, 2.75) is 33.2 Å². The summed E-state index contributed by atoms with van der Waals surface area (Å²) >= 11 is 3.37. The van der Waals surface area contributed by atoms with Crippen molar-refractivity contribution in [1.82, 2.24) is 5.32 Å². The van der Waals surface area contributed by atoms with E-state index in [0.717, 1.165) is 15.7 Å². The van der Waals surface area contributed by atoms with Crippen molar-refractivity contribution in [3.05, 3.63) is 28.2 Å². The Labute approximate surface area is 145 Å². The van der Waals surface area contributed by atoms with E-state index < -0.39 is 0 Å². The highest BCUT2D eigenvalue weighted by atomic mass is 79.9. The molecule has 4 N–H and O–H groups in total. The van der Waals surface area contributed by atoms with Crippen LogP contribution in [0.2, 0.25) is 0 Å². The molecule has 1 aromatic carbocycles. The molecule has 1 aromatic rings. The maximum atomic E-state index is 11.9. The second-order valence-electron chi connectivity index (χ2n) is 5.20. The normalized spacial score (nSPS) is 12.8. The number of hydrogen-bond donors (Lipinski definition) is 3. The lowest BCUT2D eigenvalue weighted by Crippen LogP contribution is -2.39. The number of nitrogens with one attached hydrogen (secondary N) is 2. The van der Waals surface area contributed by atoms with Gasteiger partial charge < -0.3 is 16.4 Å². The van der Waals surface area contributed by atoms with Crippen LogP contribution >= 0.6 is 28.3 Å². The molecular weight excluding hydrogens is 370 g/mol. The summed E-state index contributed by atoms with van der Waals surface area (Å²) in [5, 5.41) is 5.55. The average Bonchev–Trinajstić information content (AvgIpc) is 2.41. The lowest BCUT2D eigenvalue weighted by Gasteiger charge is -2.15. The topological polar surface area (TPSA) is 84.2 Å². The van der Waals surface area contributed by atoms with Crippen LogP contribution in [0.1, 0.15) is 25.8 Å². The second-order valence-corrected chi connectivity index (χ2v) is 6.11. The van der Waals surface area contributed by atoms with E-state index >= 15 is 0 Å². The van der Waals surface area contributed by atoms with Crippen LogP contribution < -0.4 is 16.4 Å². The summed E-state index contributed by atoms with van der Waals surface area (Å²) < 4.78 is 0.905. The highest BCUT2D eigenvalue weighted by Crippen LogP contribution is 2.20. The van der Waals surface area contributed by atoms with E-state index in [1.165, 1.54) is 0 Å². The number of hydrogen-bond acceptors (Lipinski definition) is 3. The van der Waals surface area contributed by atoms with Crippen LogP contribution in [0.4, 0.5) is 5.69 Å². The van der Waals surface area contributed by atoms with Crippen LogP contribution in [0.5, 0.6) is 0 Å². The Bertz CT molecular complexity index is 524. The molecule has 0 saturated heterocycles. The van der Waals surface area contributed by atoms with Gasteiger partial charge in [-0.05, 0) is 31.5 Å². The van der Waals surface area contributed by atoms with Gasteiger partial charge in [-0.25, -0.2) is 0 Å². The first-order chi connectivity index (χ1) is 9.81. The van der Waals surface area contributed by atoms with Gasteiger partial charge in [0.05, 0.1) is 0 Å². The minimum atomic E-state index is -0.264. The lowest BCUT2D eigenvalue weighted by atomic mass is 10.0. The van der Waals surface area contributed by atoms with E-state index in [1.807, 2.05) is 25.1 Å². The van der Waals surface area contributed by atoms with E-state index in [1.54, 1.807) is 13.8 Å². The fourth-order valence-corrected chi connectivity index (χ4v) is 2.00. The van der Waals surface area contributed by atoms with Gasteiger partial charge in [-0.3, -0.25) is 9.59 Å². The van der Waals surface area contributed by atoms with Gasteiger partial charge in [0.2, 0.25) is 11.8 Å². The Morgan fingerprint density at radius 1 is 1.32 bits per heavy atom. The zero-order chi connectivity index (χ0) is 16.0. The van der Waals surface area contributed by atoms with E-state index in [2.05, 4.69) is 26.6 Å². The number of aryl methyl sites for hydroxylation is 1. The molecule has 0 bridgehead atoms. The molecule has 124 valence electrons. The summed E-state index contributed by atoms with van der Waals surface area (Å²) in [5.74, 6) is -0.526. The third kappa shape index (κ3) is 6.77. The van der Waals surface area contributed by atoms with Gasteiger partial charge in [0.1, 0.15) is 0 Å². The summed E-state index contributed by atoms with van der Waals surface area (Å²) in [6, 6.07) is 5.49. The molecule has 0 fully saturated rings. The van der Waals surface area contributed by atoms with E-state index in [4.69, 9.17) is 5.73 Å². The molecule has 0 aliphatic rings. The third-order valence-corrected chi connectivity index (χ3v) is 3.82. The van der Waals surface area contributed by atoms with E-state index in [-0.39, 0.29) is 42.6 Å². The first-order valence-electron chi connectivity index (χ1n) is 6.90. The first-order valence-corrected chi connectivity index (χ1v) is 7.70. The van der Waals surface area contributed by atoms with Crippen molar-refractivity contribution in [1.29, 1.82) is 0 Å². The largest absolute Gasteiger partial charge is 0.355 e. The summed E-state index contributed by atoms with van der Waals surface area (Å²) in [7, 11) is 0. The van der Waals surface area contributed by atoms with Crippen LogP contribution in [0, 0.1) is 12.8 Å². The number of rotatable bonds is 6. The first kappa shape index (κ1) is 20.9. The predicted octanol–water partition coefficient (Wildman–Crippen LogP) is 2.61. The van der Waals surface area contributed by atoms with Crippen molar-refractivity contribution >= 4 is 45.8 Å². The fourth-order valence-electron chi connectivity index (χ4n) is 1.64. The summed E-state index contributed by atoms with van der Waals surface area (Å²) in [6.07, 6.45) is 0.226. The SMILES string of the molecule is Cc1ccc(Br)cc1NC(=O)CCNC(=O)C(C)C(C)N.Cl. The van der Waals surface area contributed by atoms with Crippen LogP contribution in [0.25, 0.3) is 0 Å². The number of benzene rings is 1. The molecule has 0 aromatic heterocycles. The van der Waals surface area contributed by atoms with E-state index in [9.17, 15) is 9.59 Å². The van der Waals surface area contributed by atoms with Gasteiger partial charge in [-0.2, -0.15) is 0 Å². The van der Waals surface area contributed by atoms with Crippen LogP contribution in [-0.2, 0) is 9.59 Å². The minimum Gasteiger partial charge on any atom is -0.355 e. The van der Waals surface area contributed by atoms with Gasteiger partial charge in [0.25, 0.3) is 0 Å². The van der Waals surface area contributed by atoms with Crippen molar-refractivity contribution < 1.29 is 9.59 Å². The molecule has 1 rings (SSSR count). The van der Waals surface area contributed by atoms with Crippen molar-refractivity contribution in [3.63, 3.8) is 0 Å². The number of carbonyl (C=O) groups is 2. The average molecular weight is 393 g/mol.